The average Bonchev–Trinajstić information content (AvgIpc) is 2.81. The summed E-state index contributed by atoms with van der Waals surface area (Å²) in [5.41, 5.74) is 5.20. The molecule has 0 amide bonds. The van der Waals surface area contributed by atoms with Crippen LogP contribution in [0.1, 0.15) is 31.4 Å². The summed E-state index contributed by atoms with van der Waals surface area (Å²) in [6.07, 6.45) is 4.84. The Bertz CT molecular complexity index is 1070. The van der Waals surface area contributed by atoms with Gasteiger partial charge in [-0.25, -0.2) is 0 Å². The number of nitrogens with zero attached hydrogens (tertiary/aromatic N) is 3. The predicted molar refractivity (Wildman–Crippen MR) is 130 cm³/mol. The first-order chi connectivity index (χ1) is 15.5. The maximum absolute atomic E-state index is 10.1. The summed E-state index contributed by atoms with van der Waals surface area (Å²) >= 11 is 0. The number of hydrogen-bond donors (Lipinski definition) is 1. The zero-order chi connectivity index (χ0) is 22.1. The Morgan fingerprint density at radius 3 is 2.59 bits per heavy atom. The third kappa shape index (κ3) is 4.17. The monoisotopic (exact) mass is 427 g/mol. The van der Waals surface area contributed by atoms with Gasteiger partial charge in [0.05, 0.1) is 0 Å². The summed E-state index contributed by atoms with van der Waals surface area (Å²) in [4.78, 5) is 9.45. The molecule has 3 aromatic rings. The molecule has 0 radical (unpaired) electrons. The molecule has 2 aliphatic rings. The molecule has 0 saturated carbocycles. The van der Waals surface area contributed by atoms with E-state index in [-0.39, 0.29) is 5.41 Å². The van der Waals surface area contributed by atoms with Crippen LogP contribution >= 0.6 is 0 Å². The fourth-order valence-corrected chi connectivity index (χ4v) is 5.69. The van der Waals surface area contributed by atoms with E-state index in [9.17, 15) is 5.11 Å². The number of fused-ring (bicyclic) bond motifs is 1. The molecule has 3 heterocycles. The number of phenolic OH excluding ortho intramolecular Hbond substituents is 1. The highest BCUT2D eigenvalue weighted by molar-refractivity contribution is 5.63. The van der Waals surface area contributed by atoms with Crippen molar-refractivity contribution in [2.24, 2.45) is 5.92 Å². The minimum absolute atomic E-state index is 0.0875. The third-order valence-corrected chi connectivity index (χ3v) is 7.80. The summed E-state index contributed by atoms with van der Waals surface area (Å²) in [5, 5.41) is 10.1. The number of rotatable bonds is 4. The Morgan fingerprint density at radius 1 is 0.969 bits per heavy atom. The normalized spacial score (nSPS) is 26.6. The smallest absolute Gasteiger partial charge is 0.115 e. The van der Waals surface area contributed by atoms with Gasteiger partial charge in [-0.05, 0) is 70.3 Å². The van der Waals surface area contributed by atoms with Crippen LogP contribution < -0.4 is 0 Å². The van der Waals surface area contributed by atoms with Crippen LogP contribution in [0.25, 0.3) is 11.1 Å². The molecule has 1 N–H and O–H groups in total. The zero-order valence-corrected chi connectivity index (χ0v) is 19.1. The summed E-state index contributed by atoms with van der Waals surface area (Å²) in [5.74, 6) is 0.932. The molecule has 3 atom stereocenters. The van der Waals surface area contributed by atoms with Crippen LogP contribution in [0.4, 0.5) is 0 Å². The number of aromatic hydroxyl groups is 1. The van der Waals surface area contributed by atoms with Gasteiger partial charge >= 0.3 is 0 Å². The van der Waals surface area contributed by atoms with Gasteiger partial charge in [-0.3, -0.25) is 14.8 Å². The van der Waals surface area contributed by atoms with Gasteiger partial charge in [0.1, 0.15) is 5.75 Å². The molecule has 2 saturated heterocycles. The highest BCUT2D eigenvalue weighted by Gasteiger charge is 2.44. The minimum Gasteiger partial charge on any atom is -0.508 e. The van der Waals surface area contributed by atoms with Crippen molar-refractivity contribution in [2.75, 3.05) is 26.2 Å². The second-order valence-electron chi connectivity index (χ2n) is 9.89. The molecular weight excluding hydrogens is 394 g/mol. The second-order valence-corrected chi connectivity index (χ2v) is 9.89. The SMILES string of the molecule is CC1CN2CCN(Cc3cccc(-c4ccncc4)c3)CC2CC1(C)c1cccc(O)c1. The van der Waals surface area contributed by atoms with Crippen LogP contribution in [0.2, 0.25) is 0 Å². The van der Waals surface area contributed by atoms with E-state index < -0.39 is 0 Å². The van der Waals surface area contributed by atoms with Gasteiger partial charge in [0.2, 0.25) is 0 Å². The number of hydrogen-bond acceptors (Lipinski definition) is 4. The van der Waals surface area contributed by atoms with Gasteiger partial charge in [0.25, 0.3) is 0 Å². The molecule has 0 spiro atoms. The van der Waals surface area contributed by atoms with Gasteiger partial charge in [0, 0.05) is 51.2 Å². The van der Waals surface area contributed by atoms with Crippen LogP contribution in [-0.2, 0) is 12.0 Å². The van der Waals surface area contributed by atoms with Gasteiger partial charge in [0.15, 0.2) is 0 Å². The van der Waals surface area contributed by atoms with E-state index in [0.717, 1.165) is 39.1 Å². The molecule has 2 fully saturated rings. The third-order valence-electron chi connectivity index (χ3n) is 7.80. The fraction of sp³-hybridized carbons (Fsp3) is 0.393. The lowest BCUT2D eigenvalue weighted by Crippen LogP contribution is -2.60. The Labute approximate surface area is 191 Å². The van der Waals surface area contributed by atoms with Crippen molar-refractivity contribution in [3.8, 4) is 16.9 Å². The summed E-state index contributed by atoms with van der Waals surface area (Å²) in [7, 11) is 0. The van der Waals surface area contributed by atoms with Crippen molar-refractivity contribution in [2.45, 2.75) is 38.3 Å². The zero-order valence-electron chi connectivity index (χ0n) is 19.1. The van der Waals surface area contributed by atoms with Crippen LogP contribution in [-0.4, -0.2) is 52.1 Å². The van der Waals surface area contributed by atoms with Gasteiger partial charge in [-0.15, -0.1) is 0 Å². The van der Waals surface area contributed by atoms with Crippen molar-refractivity contribution in [3.63, 3.8) is 0 Å². The van der Waals surface area contributed by atoms with Gasteiger partial charge < -0.3 is 5.11 Å². The molecule has 2 aliphatic heterocycles. The second kappa shape index (κ2) is 8.68. The summed E-state index contributed by atoms with van der Waals surface area (Å²) in [6, 6.07) is 21.5. The Morgan fingerprint density at radius 2 is 1.78 bits per heavy atom. The fourth-order valence-electron chi connectivity index (χ4n) is 5.69. The van der Waals surface area contributed by atoms with E-state index in [0.29, 0.717) is 17.7 Å². The van der Waals surface area contributed by atoms with Crippen LogP contribution in [0.15, 0.2) is 73.1 Å². The predicted octanol–water partition coefficient (Wildman–Crippen LogP) is 4.94. The quantitative estimate of drug-likeness (QED) is 0.640. The lowest BCUT2D eigenvalue weighted by atomic mass is 9.65. The van der Waals surface area contributed by atoms with Crippen molar-refractivity contribution in [1.82, 2.24) is 14.8 Å². The molecule has 2 aromatic carbocycles. The summed E-state index contributed by atoms with van der Waals surface area (Å²) < 4.78 is 0. The lowest BCUT2D eigenvalue weighted by Gasteiger charge is -2.53. The molecule has 0 bridgehead atoms. The number of benzene rings is 2. The van der Waals surface area contributed by atoms with E-state index in [1.807, 2.05) is 24.5 Å². The summed E-state index contributed by atoms with van der Waals surface area (Å²) in [6.45, 7) is 10.2. The van der Waals surface area contributed by atoms with E-state index in [2.05, 4.69) is 71.1 Å². The van der Waals surface area contributed by atoms with Crippen molar-refractivity contribution in [3.05, 3.63) is 84.2 Å². The molecule has 0 aliphatic carbocycles. The van der Waals surface area contributed by atoms with Crippen LogP contribution in [0.5, 0.6) is 5.75 Å². The molecule has 3 unspecified atom stereocenters. The maximum Gasteiger partial charge on any atom is 0.115 e. The topological polar surface area (TPSA) is 39.6 Å². The van der Waals surface area contributed by atoms with Crippen molar-refractivity contribution < 1.29 is 5.11 Å². The Balaban J connectivity index is 1.31. The minimum atomic E-state index is 0.0875. The number of piperazine rings is 1. The number of phenols is 1. The van der Waals surface area contributed by atoms with Gasteiger partial charge in [-0.2, -0.15) is 0 Å². The van der Waals surface area contributed by atoms with Gasteiger partial charge in [-0.1, -0.05) is 44.2 Å². The number of aromatic nitrogens is 1. The molecule has 1 aromatic heterocycles. The molecule has 32 heavy (non-hydrogen) atoms. The van der Waals surface area contributed by atoms with Crippen LogP contribution in [0.3, 0.4) is 0 Å². The molecule has 166 valence electrons. The van der Waals surface area contributed by atoms with Crippen molar-refractivity contribution >= 4 is 0 Å². The first-order valence-corrected chi connectivity index (χ1v) is 11.8. The first-order valence-electron chi connectivity index (χ1n) is 11.8. The van der Waals surface area contributed by atoms with E-state index in [1.54, 1.807) is 6.07 Å². The lowest BCUT2D eigenvalue weighted by molar-refractivity contribution is -0.00557. The van der Waals surface area contributed by atoms with E-state index in [1.165, 1.54) is 22.3 Å². The Hall–Kier alpha value is -2.69. The molecule has 5 rings (SSSR count). The highest BCUT2D eigenvalue weighted by Crippen LogP contribution is 2.43. The molecule has 4 nitrogen and oxygen atoms in total. The van der Waals surface area contributed by atoms with E-state index in [4.69, 9.17) is 0 Å². The molecule has 4 heteroatoms. The van der Waals surface area contributed by atoms with E-state index >= 15 is 0 Å². The van der Waals surface area contributed by atoms with Crippen LogP contribution in [0, 0.1) is 5.92 Å². The number of pyridine rings is 1. The number of piperidine rings is 1. The molecular formula is C28H33N3O. The van der Waals surface area contributed by atoms with Crippen molar-refractivity contribution in [1.29, 1.82) is 0 Å². The standard InChI is InChI=1S/C28H33N3O/c1-21-18-31-14-13-30(19-22-5-3-6-24(15-22)23-9-11-29-12-10-23)20-26(31)17-28(21,2)25-7-4-8-27(32)16-25/h3-12,15-16,21,26,32H,13-14,17-20H2,1-2H3. The Kier molecular flexibility index (Phi) is 5.75. The maximum atomic E-state index is 10.1. The average molecular weight is 428 g/mol. The highest BCUT2D eigenvalue weighted by atomic mass is 16.3. The largest absolute Gasteiger partial charge is 0.508 e. The first kappa shape index (κ1) is 21.2.